The van der Waals surface area contributed by atoms with Crippen molar-refractivity contribution in [1.29, 1.82) is 0 Å². The molecule has 118 valence electrons. The molecule has 2 atom stereocenters. The Balaban J connectivity index is 1.77. The van der Waals surface area contributed by atoms with Gasteiger partial charge in [-0.25, -0.2) is 0 Å². The molecule has 22 heavy (non-hydrogen) atoms. The number of rotatable bonds is 4. The van der Waals surface area contributed by atoms with E-state index >= 15 is 0 Å². The molecule has 0 bridgehead atoms. The van der Waals surface area contributed by atoms with Gasteiger partial charge >= 0.3 is 0 Å². The zero-order valence-corrected chi connectivity index (χ0v) is 13.1. The predicted octanol–water partition coefficient (Wildman–Crippen LogP) is 2.32. The van der Waals surface area contributed by atoms with E-state index in [9.17, 15) is 4.79 Å². The van der Waals surface area contributed by atoms with Crippen molar-refractivity contribution < 1.29 is 13.9 Å². The lowest BCUT2D eigenvalue weighted by Crippen LogP contribution is -2.27. The summed E-state index contributed by atoms with van der Waals surface area (Å²) in [6, 6.07) is 3.59. The fourth-order valence-corrected chi connectivity index (χ4v) is 2.76. The van der Waals surface area contributed by atoms with Crippen molar-refractivity contribution >= 4 is 5.91 Å². The summed E-state index contributed by atoms with van der Waals surface area (Å²) in [6.07, 6.45) is 2.67. The van der Waals surface area contributed by atoms with Crippen molar-refractivity contribution in [3.63, 3.8) is 0 Å². The highest BCUT2D eigenvalue weighted by atomic mass is 16.5. The number of nitrogens with one attached hydrogen (secondary N) is 1. The Bertz CT molecular complexity index is 668. The molecule has 2 aromatic rings. The molecule has 1 aliphatic heterocycles. The highest BCUT2D eigenvalue weighted by Crippen LogP contribution is 2.27. The maximum absolute atomic E-state index is 12.6. The highest BCUT2D eigenvalue weighted by Gasteiger charge is 2.27. The Hall–Kier alpha value is -2.08. The number of carbonyl (C=O) groups excluding carboxylic acids is 1. The van der Waals surface area contributed by atoms with Crippen LogP contribution in [0.2, 0.25) is 0 Å². The number of aryl methyl sites for hydroxylation is 2. The minimum Gasteiger partial charge on any atom is -0.464 e. The zero-order chi connectivity index (χ0) is 15.7. The van der Waals surface area contributed by atoms with Crippen LogP contribution in [0.1, 0.15) is 52.9 Å². The minimum absolute atomic E-state index is 0.128. The van der Waals surface area contributed by atoms with Crippen molar-refractivity contribution in [2.24, 2.45) is 7.05 Å². The molecular formula is C16H21N3O3. The normalized spacial score (nSPS) is 19.3. The Morgan fingerprint density at radius 2 is 2.32 bits per heavy atom. The van der Waals surface area contributed by atoms with E-state index in [1.54, 1.807) is 10.9 Å². The number of amides is 1. The first-order chi connectivity index (χ1) is 10.5. The quantitative estimate of drug-likeness (QED) is 0.941. The van der Waals surface area contributed by atoms with Crippen LogP contribution in [0.25, 0.3) is 0 Å². The van der Waals surface area contributed by atoms with E-state index in [2.05, 4.69) is 10.4 Å². The monoisotopic (exact) mass is 303 g/mol. The lowest BCUT2D eigenvalue weighted by Gasteiger charge is -2.12. The van der Waals surface area contributed by atoms with Crippen molar-refractivity contribution in [2.75, 3.05) is 13.2 Å². The molecular weight excluding hydrogens is 282 g/mol. The maximum atomic E-state index is 12.6. The Morgan fingerprint density at radius 1 is 1.50 bits per heavy atom. The SMILES string of the molecule is Cc1ccc(C(C)NC(=O)c2cn(C)nc2C2CCOC2)o1. The van der Waals surface area contributed by atoms with Gasteiger partial charge in [-0.15, -0.1) is 0 Å². The molecule has 3 rings (SSSR count). The minimum atomic E-state index is -0.186. The summed E-state index contributed by atoms with van der Waals surface area (Å²) in [6.45, 7) is 5.15. The third kappa shape index (κ3) is 2.92. The van der Waals surface area contributed by atoms with E-state index < -0.39 is 0 Å². The number of hydrogen-bond donors (Lipinski definition) is 1. The van der Waals surface area contributed by atoms with Crippen molar-refractivity contribution in [1.82, 2.24) is 15.1 Å². The van der Waals surface area contributed by atoms with Crippen LogP contribution in [0.3, 0.4) is 0 Å². The second-order valence-electron chi connectivity index (χ2n) is 5.81. The number of carbonyl (C=O) groups is 1. The summed E-state index contributed by atoms with van der Waals surface area (Å²) in [4.78, 5) is 12.6. The Labute approximate surface area is 129 Å². The van der Waals surface area contributed by atoms with Gasteiger partial charge in [-0.3, -0.25) is 9.48 Å². The zero-order valence-electron chi connectivity index (χ0n) is 13.1. The van der Waals surface area contributed by atoms with E-state index in [0.717, 1.165) is 30.2 Å². The summed E-state index contributed by atoms with van der Waals surface area (Å²) in [5.41, 5.74) is 1.44. The van der Waals surface area contributed by atoms with E-state index in [4.69, 9.17) is 9.15 Å². The first-order valence-electron chi connectivity index (χ1n) is 7.53. The second-order valence-corrected chi connectivity index (χ2v) is 5.81. The molecule has 3 heterocycles. The fourth-order valence-electron chi connectivity index (χ4n) is 2.76. The molecule has 1 saturated heterocycles. The van der Waals surface area contributed by atoms with Crippen molar-refractivity contribution in [3.8, 4) is 0 Å². The maximum Gasteiger partial charge on any atom is 0.255 e. The standard InChI is InChI=1S/C16H21N3O3/c1-10-4-5-14(22-10)11(2)17-16(20)13-8-19(3)18-15(13)12-6-7-21-9-12/h4-5,8,11-12H,6-7,9H2,1-3H3,(H,17,20). The third-order valence-electron chi connectivity index (χ3n) is 3.95. The van der Waals surface area contributed by atoms with Crippen molar-refractivity contribution in [3.05, 3.63) is 41.1 Å². The Morgan fingerprint density at radius 3 is 2.95 bits per heavy atom. The molecule has 2 unspecified atom stereocenters. The Kier molecular flexibility index (Phi) is 4.02. The van der Waals surface area contributed by atoms with Gasteiger partial charge in [-0.2, -0.15) is 5.10 Å². The van der Waals surface area contributed by atoms with Gasteiger partial charge in [0.1, 0.15) is 11.5 Å². The largest absolute Gasteiger partial charge is 0.464 e. The molecule has 1 N–H and O–H groups in total. The van der Waals surface area contributed by atoms with Gasteiger partial charge in [0, 0.05) is 25.8 Å². The van der Waals surface area contributed by atoms with E-state index in [-0.39, 0.29) is 17.9 Å². The molecule has 1 aliphatic rings. The summed E-state index contributed by atoms with van der Waals surface area (Å²) in [5, 5.41) is 7.43. The summed E-state index contributed by atoms with van der Waals surface area (Å²) in [7, 11) is 1.83. The smallest absolute Gasteiger partial charge is 0.255 e. The van der Waals surface area contributed by atoms with E-state index in [1.165, 1.54) is 0 Å². The van der Waals surface area contributed by atoms with Crippen LogP contribution in [-0.2, 0) is 11.8 Å². The predicted molar refractivity (Wildman–Crippen MR) is 80.7 cm³/mol. The van der Waals surface area contributed by atoms with E-state index in [1.807, 2.05) is 33.0 Å². The van der Waals surface area contributed by atoms with E-state index in [0.29, 0.717) is 12.2 Å². The van der Waals surface area contributed by atoms with Gasteiger partial charge in [-0.1, -0.05) is 0 Å². The number of furan rings is 1. The molecule has 0 saturated carbocycles. The average Bonchev–Trinajstić information content (AvgIpc) is 3.17. The second kappa shape index (κ2) is 5.96. The van der Waals surface area contributed by atoms with Crippen LogP contribution in [-0.4, -0.2) is 28.9 Å². The molecule has 2 aromatic heterocycles. The van der Waals surface area contributed by atoms with Gasteiger partial charge in [-0.05, 0) is 32.4 Å². The van der Waals surface area contributed by atoms with Gasteiger partial charge < -0.3 is 14.5 Å². The molecule has 1 fully saturated rings. The third-order valence-corrected chi connectivity index (χ3v) is 3.95. The molecule has 0 aliphatic carbocycles. The van der Waals surface area contributed by atoms with Gasteiger partial charge in [0.15, 0.2) is 0 Å². The van der Waals surface area contributed by atoms with Crippen LogP contribution in [0, 0.1) is 6.92 Å². The lowest BCUT2D eigenvalue weighted by atomic mass is 10.0. The number of nitrogens with zero attached hydrogens (tertiary/aromatic N) is 2. The number of ether oxygens (including phenoxy) is 1. The molecule has 6 nitrogen and oxygen atoms in total. The van der Waals surface area contributed by atoms with Crippen LogP contribution in [0.15, 0.2) is 22.7 Å². The summed E-state index contributed by atoms with van der Waals surface area (Å²) in [5.74, 6) is 1.65. The van der Waals surface area contributed by atoms with Gasteiger partial charge in [0.25, 0.3) is 5.91 Å². The number of aromatic nitrogens is 2. The average molecular weight is 303 g/mol. The van der Waals surface area contributed by atoms with Crippen molar-refractivity contribution in [2.45, 2.75) is 32.2 Å². The van der Waals surface area contributed by atoms with Crippen LogP contribution in [0.4, 0.5) is 0 Å². The summed E-state index contributed by atoms with van der Waals surface area (Å²) < 4.78 is 12.7. The molecule has 0 aromatic carbocycles. The molecule has 0 spiro atoms. The topological polar surface area (TPSA) is 69.3 Å². The molecule has 0 radical (unpaired) electrons. The highest BCUT2D eigenvalue weighted by molar-refractivity contribution is 5.95. The van der Waals surface area contributed by atoms with Crippen LogP contribution >= 0.6 is 0 Å². The first-order valence-corrected chi connectivity index (χ1v) is 7.53. The van der Waals surface area contributed by atoms with Gasteiger partial charge in [0.2, 0.25) is 0 Å². The van der Waals surface area contributed by atoms with Crippen LogP contribution < -0.4 is 5.32 Å². The first kappa shape index (κ1) is 14.8. The number of hydrogen-bond acceptors (Lipinski definition) is 4. The van der Waals surface area contributed by atoms with Crippen LogP contribution in [0.5, 0.6) is 0 Å². The molecule has 6 heteroatoms. The molecule has 1 amide bonds. The lowest BCUT2D eigenvalue weighted by molar-refractivity contribution is 0.0933. The fraction of sp³-hybridized carbons (Fsp3) is 0.500. The van der Waals surface area contributed by atoms with Gasteiger partial charge in [0.05, 0.1) is 23.9 Å². The summed E-state index contributed by atoms with van der Waals surface area (Å²) >= 11 is 0.